The predicted molar refractivity (Wildman–Crippen MR) is 89.8 cm³/mol. The average molecular weight is 290 g/mol. The van der Waals surface area contributed by atoms with Crippen molar-refractivity contribution in [1.29, 1.82) is 0 Å². The minimum absolute atomic E-state index is 0.219. The number of allylic oxidation sites excluding steroid dienone is 4. The van der Waals surface area contributed by atoms with Crippen molar-refractivity contribution in [2.24, 2.45) is 5.92 Å². The zero-order valence-corrected chi connectivity index (χ0v) is 12.3. The predicted octanol–water partition coefficient (Wildman–Crippen LogP) is 3.71. The van der Waals surface area contributed by atoms with E-state index >= 15 is 0 Å². The largest absolute Gasteiger partial charge is 0.376 e. The third-order valence-corrected chi connectivity index (χ3v) is 4.69. The van der Waals surface area contributed by atoms with E-state index in [1.807, 2.05) is 24.4 Å². The van der Waals surface area contributed by atoms with E-state index in [4.69, 9.17) is 0 Å². The van der Waals surface area contributed by atoms with Gasteiger partial charge in [-0.3, -0.25) is 0 Å². The van der Waals surface area contributed by atoms with E-state index in [0.29, 0.717) is 11.8 Å². The maximum Gasteiger partial charge on any atom is 0.179 e. The lowest BCUT2D eigenvalue weighted by Crippen LogP contribution is -2.37. The number of aromatic amines is 1. The number of anilines is 1. The molecular formula is C18H18N4. The van der Waals surface area contributed by atoms with Gasteiger partial charge in [-0.2, -0.15) is 0 Å². The number of pyridine rings is 1. The maximum absolute atomic E-state index is 4.47. The number of fused-ring (bicyclic) bond motifs is 5. The summed E-state index contributed by atoms with van der Waals surface area (Å²) in [5.74, 6) is 0.869. The molecule has 3 heterocycles. The highest BCUT2D eigenvalue weighted by Gasteiger charge is 2.39. The molecule has 4 rings (SSSR count). The summed E-state index contributed by atoms with van der Waals surface area (Å²) in [5, 5.41) is 3.69. The van der Waals surface area contributed by atoms with E-state index in [0.717, 1.165) is 23.3 Å². The normalized spacial score (nSPS) is 26.4. The third kappa shape index (κ3) is 1.77. The lowest BCUT2D eigenvalue weighted by atomic mass is 9.77. The highest BCUT2D eigenvalue weighted by Crippen LogP contribution is 2.47. The average Bonchev–Trinajstić information content (AvgIpc) is 3.20. The first-order chi connectivity index (χ1) is 10.8. The van der Waals surface area contributed by atoms with E-state index in [2.05, 4.69) is 45.6 Å². The van der Waals surface area contributed by atoms with Gasteiger partial charge in [0.1, 0.15) is 5.52 Å². The van der Waals surface area contributed by atoms with E-state index < -0.39 is 0 Å². The zero-order chi connectivity index (χ0) is 15.1. The summed E-state index contributed by atoms with van der Waals surface area (Å²) in [6.45, 7) is 7.79. The summed E-state index contributed by atoms with van der Waals surface area (Å²) < 4.78 is 0. The van der Waals surface area contributed by atoms with Crippen LogP contribution in [0.15, 0.2) is 61.6 Å². The molecule has 0 aromatic carbocycles. The fourth-order valence-electron chi connectivity index (χ4n) is 3.69. The molecule has 2 aromatic heterocycles. The summed E-state index contributed by atoms with van der Waals surface area (Å²) in [6, 6.07) is 0.219. The Kier molecular flexibility index (Phi) is 2.96. The van der Waals surface area contributed by atoms with Gasteiger partial charge in [-0.05, 0) is 17.9 Å². The molecule has 0 radical (unpaired) electrons. The van der Waals surface area contributed by atoms with Gasteiger partial charge in [0, 0.05) is 17.7 Å². The number of aromatic nitrogens is 3. The molecule has 0 saturated carbocycles. The van der Waals surface area contributed by atoms with Crippen molar-refractivity contribution in [1.82, 2.24) is 15.0 Å². The van der Waals surface area contributed by atoms with Crippen LogP contribution in [0.4, 0.5) is 5.69 Å². The molecule has 3 unspecified atom stereocenters. The second-order valence-corrected chi connectivity index (χ2v) is 5.77. The van der Waals surface area contributed by atoms with Gasteiger partial charge in [0.15, 0.2) is 5.65 Å². The number of hydrogen-bond donors (Lipinski definition) is 2. The molecule has 2 aromatic rings. The molecule has 0 amide bonds. The van der Waals surface area contributed by atoms with Gasteiger partial charge in [-0.15, -0.1) is 0 Å². The van der Waals surface area contributed by atoms with Crippen molar-refractivity contribution >= 4 is 16.9 Å². The summed E-state index contributed by atoms with van der Waals surface area (Å²) in [4.78, 5) is 11.9. The minimum Gasteiger partial charge on any atom is -0.376 e. The van der Waals surface area contributed by atoms with Gasteiger partial charge in [0.25, 0.3) is 0 Å². The Bertz CT molecular complexity index is 812. The van der Waals surface area contributed by atoms with Crippen LogP contribution in [0.5, 0.6) is 0 Å². The Morgan fingerprint density at radius 1 is 1.32 bits per heavy atom. The highest BCUT2D eigenvalue weighted by molar-refractivity contribution is 5.88. The lowest BCUT2D eigenvalue weighted by molar-refractivity contribution is 0.455. The highest BCUT2D eigenvalue weighted by atomic mass is 15.0. The third-order valence-electron chi connectivity index (χ3n) is 4.69. The second-order valence-electron chi connectivity index (χ2n) is 5.77. The lowest BCUT2D eigenvalue weighted by Gasteiger charge is -2.37. The fourth-order valence-corrected chi connectivity index (χ4v) is 3.69. The summed E-state index contributed by atoms with van der Waals surface area (Å²) >= 11 is 0. The van der Waals surface area contributed by atoms with Crippen molar-refractivity contribution in [3.63, 3.8) is 0 Å². The number of nitrogens with zero attached hydrogens (tertiary/aromatic N) is 2. The first-order valence-corrected chi connectivity index (χ1v) is 7.53. The number of hydrogen-bond acceptors (Lipinski definition) is 3. The van der Waals surface area contributed by atoms with Gasteiger partial charge < -0.3 is 10.3 Å². The Hall–Kier alpha value is -2.62. The maximum atomic E-state index is 4.47. The fraction of sp³-hybridized carbons (Fsp3) is 0.222. The number of nitrogens with one attached hydrogen (secondary N) is 2. The molecular weight excluding hydrogens is 272 g/mol. The van der Waals surface area contributed by atoms with Crippen molar-refractivity contribution < 1.29 is 0 Å². The second kappa shape index (κ2) is 4.98. The van der Waals surface area contributed by atoms with Crippen molar-refractivity contribution in [2.45, 2.75) is 18.4 Å². The van der Waals surface area contributed by atoms with Crippen LogP contribution in [-0.4, -0.2) is 21.0 Å². The van der Waals surface area contributed by atoms with Crippen LogP contribution in [0.25, 0.3) is 11.2 Å². The number of imidazole rings is 1. The van der Waals surface area contributed by atoms with Gasteiger partial charge in [-0.25, -0.2) is 9.97 Å². The monoisotopic (exact) mass is 290 g/mol. The van der Waals surface area contributed by atoms with E-state index in [-0.39, 0.29) is 6.04 Å². The van der Waals surface area contributed by atoms with Crippen LogP contribution in [0, 0.1) is 5.92 Å². The molecule has 0 bridgehead atoms. The Morgan fingerprint density at radius 3 is 3.05 bits per heavy atom. The molecule has 2 N–H and O–H groups in total. The molecule has 0 saturated heterocycles. The molecule has 4 nitrogen and oxygen atoms in total. The molecule has 2 aliphatic rings. The van der Waals surface area contributed by atoms with E-state index in [1.165, 1.54) is 11.1 Å². The van der Waals surface area contributed by atoms with E-state index in [1.54, 1.807) is 6.33 Å². The smallest absolute Gasteiger partial charge is 0.179 e. The van der Waals surface area contributed by atoms with Crippen molar-refractivity contribution in [3.8, 4) is 0 Å². The number of rotatable bonds is 3. The van der Waals surface area contributed by atoms with Crippen LogP contribution in [0.1, 0.15) is 17.9 Å². The standard InChI is InChI=1S/C18H18N4/c1-3-6-11(4-2)15-13-8-5-7-12(13)14-9-19-18-17(16(14)22-15)20-10-21-18/h3-7,9-10,12-13,15,22H,1-2,8H2,(H,19,20,21)/b11-6+. The Labute approximate surface area is 129 Å². The summed E-state index contributed by atoms with van der Waals surface area (Å²) in [6.07, 6.45) is 15.1. The van der Waals surface area contributed by atoms with Crippen LogP contribution in [0.3, 0.4) is 0 Å². The molecule has 0 spiro atoms. The number of H-pyrrole nitrogens is 1. The molecule has 1 aliphatic heterocycles. The molecule has 3 atom stereocenters. The summed E-state index contributed by atoms with van der Waals surface area (Å²) in [7, 11) is 0. The van der Waals surface area contributed by atoms with Crippen molar-refractivity contribution in [3.05, 3.63) is 67.2 Å². The zero-order valence-electron chi connectivity index (χ0n) is 12.3. The molecule has 22 heavy (non-hydrogen) atoms. The Balaban J connectivity index is 1.89. The first-order valence-electron chi connectivity index (χ1n) is 7.53. The van der Waals surface area contributed by atoms with Gasteiger partial charge in [0.2, 0.25) is 0 Å². The van der Waals surface area contributed by atoms with Crippen LogP contribution in [-0.2, 0) is 0 Å². The topological polar surface area (TPSA) is 53.6 Å². The molecule has 110 valence electrons. The summed E-state index contributed by atoms with van der Waals surface area (Å²) in [5.41, 5.74) is 5.25. The van der Waals surface area contributed by atoms with Crippen LogP contribution >= 0.6 is 0 Å². The van der Waals surface area contributed by atoms with Crippen LogP contribution < -0.4 is 5.32 Å². The SMILES string of the molecule is C=C/C=C(\C=C)C1Nc2c(cnc3nc[nH]c23)C2C=CCC12. The van der Waals surface area contributed by atoms with Gasteiger partial charge in [-0.1, -0.05) is 43.5 Å². The van der Waals surface area contributed by atoms with Gasteiger partial charge >= 0.3 is 0 Å². The Morgan fingerprint density at radius 2 is 2.23 bits per heavy atom. The quantitative estimate of drug-likeness (QED) is 0.669. The molecule has 0 fully saturated rings. The minimum atomic E-state index is 0.219. The van der Waals surface area contributed by atoms with Gasteiger partial charge in [0.05, 0.1) is 18.1 Å². The first kappa shape index (κ1) is 13.1. The molecule has 1 aliphatic carbocycles. The van der Waals surface area contributed by atoms with Crippen LogP contribution in [0.2, 0.25) is 0 Å². The van der Waals surface area contributed by atoms with E-state index in [9.17, 15) is 0 Å². The van der Waals surface area contributed by atoms with Crippen molar-refractivity contribution in [2.75, 3.05) is 5.32 Å². The molecule has 4 heteroatoms.